The minimum absolute atomic E-state index is 0.168. The highest BCUT2D eigenvalue weighted by Crippen LogP contribution is 2.02. The number of Topliss-reactive ketones (excluding diaryl/α,β-unsaturated/α-hetero) is 1. The second kappa shape index (κ2) is 4.29. The van der Waals surface area contributed by atoms with Crippen molar-refractivity contribution in [2.24, 2.45) is 0 Å². The first-order valence-electron chi connectivity index (χ1n) is 3.87. The molecule has 0 rings (SSSR count). The minimum Gasteiger partial charge on any atom is -0.305 e. The van der Waals surface area contributed by atoms with Gasteiger partial charge in [0.1, 0.15) is 5.78 Å². The third kappa shape index (κ3) is 3.94. The molecule has 64 valence electrons. The van der Waals surface area contributed by atoms with Gasteiger partial charge in [-0.05, 0) is 33.7 Å². The Hall–Kier alpha value is -0.630. The highest BCUT2D eigenvalue weighted by molar-refractivity contribution is 5.85. The molecule has 0 aromatic rings. The summed E-state index contributed by atoms with van der Waals surface area (Å²) in [6.07, 6.45) is 2.74. The topological polar surface area (TPSA) is 29.1 Å². The monoisotopic (exact) mass is 155 g/mol. The Kier molecular flexibility index (Phi) is 4.04. The predicted molar refractivity (Wildman–Crippen MR) is 47.6 cm³/mol. The first kappa shape index (κ1) is 10.4. The van der Waals surface area contributed by atoms with E-state index in [1.165, 1.54) is 0 Å². The molecule has 0 saturated heterocycles. The maximum atomic E-state index is 11.0. The molecule has 11 heavy (non-hydrogen) atoms. The van der Waals surface area contributed by atoms with Crippen LogP contribution < -0.4 is 5.32 Å². The van der Waals surface area contributed by atoms with Crippen molar-refractivity contribution in [3.63, 3.8) is 0 Å². The van der Waals surface area contributed by atoms with Crippen molar-refractivity contribution in [2.45, 2.75) is 32.7 Å². The third-order valence-corrected chi connectivity index (χ3v) is 1.80. The summed E-state index contributed by atoms with van der Waals surface area (Å²) >= 11 is 0. The molecular weight excluding hydrogens is 138 g/mol. The Morgan fingerprint density at radius 3 is 2.55 bits per heavy atom. The summed E-state index contributed by atoms with van der Waals surface area (Å²) < 4.78 is 0. The molecule has 0 aliphatic carbocycles. The number of carbonyl (C=O) groups excluding carboxylic acids is 1. The van der Waals surface area contributed by atoms with E-state index in [1.807, 2.05) is 19.9 Å². The summed E-state index contributed by atoms with van der Waals surface area (Å²) in [5, 5.41) is 3.14. The number of nitrogens with one attached hydrogen (secondary N) is 1. The van der Waals surface area contributed by atoms with Crippen LogP contribution in [-0.4, -0.2) is 17.9 Å². The molecule has 0 heterocycles. The van der Waals surface area contributed by atoms with E-state index in [4.69, 9.17) is 0 Å². The van der Waals surface area contributed by atoms with Crippen LogP contribution in [0.1, 0.15) is 27.2 Å². The molecule has 0 fully saturated rings. The smallest absolute Gasteiger partial charge is 0.149 e. The van der Waals surface area contributed by atoms with E-state index in [1.54, 1.807) is 6.92 Å². The van der Waals surface area contributed by atoms with Gasteiger partial charge in [0.25, 0.3) is 0 Å². The molecular formula is C9H17NO. The lowest BCUT2D eigenvalue weighted by molar-refractivity contribution is -0.122. The van der Waals surface area contributed by atoms with Crippen LogP contribution in [0.25, 0.3) is 0 Å². The van der Waals surface area contributed by atoms with E-state index in [0.717, 1.165) is 13.0 Å². The van der Waals surface area contributed by atoms with Gasteiger partial charge in [0.05, 0.1) is 5.54 Å². The van der Waals surface area contributed by atoms with Crippen LogP contribution in [0.15, 0.2) is 12.7 Å². The predicted octanol–water partition coefficient (Wildman–Crippen LogP) is 1.52. The molecule has 0 aromatic carbocycles. The fourth-order valence-electron chi connectivity index (χ4n) is 0.611. The first-order valence-corrected chi connectivity index (χ1v) is 3.87. The van der Waals surface area contributed by atoms with E-state index in [0.29, 0.717) is 0 Å². The summed E-state index contributed by atoms with van der Waals surface area (Å²) in [6.45, 7) is 9.79. The van der Waals surface area contributed by atoms with Gasteiger partial charge in [-0.3, -0.25) is 4.79 Å². The van der Waals surface area contributed by atoms with Crippen LogP contribution >= 0.6 is 0 Å². The van der Waals surface area contributed by atoms with Crippen molar-refractivity contribution in [3.8, 4) is 0 Å². The van der Waals surface area contributed by atoms with Crippen molar-refractivity contribution in [1.82, 2.24) is 5.32 Å². The Morgan fingerprint density at radius 1 is 1.64 bits per heavy atom. The lowest BCUT2D eigenvalue weighted by Gasteiger charge is -2.22. The van der Waals surface area contributed by atoms with E-state index < -0.39 is 0 Å². The highest BCUT2D eigenvalue weighted by Gasteiger charge is 2.21. The van der Waals surface area contributed by atoms with Crippen molar-refractivity contribution in [3.05, 3.63) is 12.7 Å². The Balaban J connectivity index is 3.72. The Morgan fingerprint density at radius 2 is 2.18 bits per heavy atom. The zero-order valence-electron chi connectivity index (χ0n) is 7.61. The van der Waals surface area contributed by atoms with Crippen molar-refractivity contribution in [2.75, 3.05) is 6.54 Å². The molecule has 0 bridgehead atoms. The largest absolute Gasteiger partial charge is 0.305 e. The van der Waals surface area contributed by atoms with E-state index >= 15 is 0 Å². The number of hydrogen-bond acceptors (Lipinski definition) is 2. The fourth-order valence-corrected chi connectivity index (χ4v) is 0.611. The van der Waals surface area contributed by atoms with Crippen LogP contribution in [0.5, 0.6) is 0 Å². The molecule has 0 aliphatic rings. The second-order valence-electron chi connectivity index (χ2n) is 3.19. The summed E-state index contributed by atoms with van der Waals surface area (Å²) in [4.78, 5) is 11.0. The summed E-state index contributed by atoms with van der Waals surface area (Å²) in [5.74, 6) is 0.168. The average molecular weight is 155 g/mol. The Labute approximate surface area is 68.7 Å². The second-order valence-corrected chi connectivity index (χ2v) is 3.19. The molecule has 1 N–H and O–H groups in total. The van der Waals surface area contributed by atoms with Crippen LogP contribution in [0.2, 0.25) is 0 Å². The number of ketones is 1. The zero-order chi connectivity index (χ0) is 8.91. The Bertz CT molecular complexity index is 150. The number of rotatable bonds is 5. The molecule has 0 saturated carbocycles. The molecule has 0 unspecified atom stereocenters. The molecule has 0 amide bonds. The van der Waals surface area contributed by atoms with Gasteiger partial charge in [-0.15, -0.1) is 6.58 Å². The normalized spacial score (nSPS) is 11.2. The lowest BCUT2D eigenvalue weighted by atomic mass is 10.0. The summed E-state index contributed by atoms with van der Waals surface area (Å²) in [6, 6.07) is 0. The van der Waals surface area contributed by atoms with Gasteiger partial charge < -0.3 is 5.32 Å². The van der Waals surface area contributed by atoms with Gasteiger partial charge in [0, 0.05) is 0 Å². The molecule has 0 aromatic heterocycles. The maximum absolute atomic E-state index is 11.0. The minimum atomic E-state index is -0.386. The molecule has 0 atom stereocenters. The van der Waals surface area contributed by atoms with E-state index in [-0.39, 0.29) is 11.3 Å². The quantitative estimate of drug-likeness (QED) is 0.482. The third-order valence-electron chi connectivity index (χ3n) is 1.80. The first-order chi connectivity index (χ1) is 5.00. The van der Waals surface area contributed by atoms with Crippen LogP contribution in [-0.2, 0) is 4.79 Å². The molecule has 2 nitrogen and oxygen atoms in total. The molecule has 2 heteroatoms. The number of carbonyl (C=O) groups is 1. The molecule has 0 radical (unpaired) electrons. The average Bonchev–Trinajstić information content (AvgIpc) is 1.88. The van der Waals surface area contributed by atoms with Crippen molar-refractivity contribution < 1.29 is 4.79 Å². The lowest BCUT2D eigenvalue weighted by Crippen LogP contribution is -2.45. The van der Waals surface area contributed by atoms with Gasteiger partial charge in [-0.2, -0.15) is 0 Å². The fraction of sp³-hybridized carbons (Fsp3) is 0.667. The molecule has 0 spiro atoms. The van der Waals surface area contributed by atoms with Crippen LogP contribution in [0.4, 0.5) is 0 Å². The maximum Gasteiger partial charge on any atom is 0.149 e. The van der Waals surface area contributed by atoms with Crippen molar-refractivity contribution in [1.29, 1.82) is 0 Å². The zero-order valence-corrected chi connectivity index (χ0v) is 7.61. The summed E-state index contributed by atoms with van der Waals surface area (Å²) in [7, 11) is 0. The standard InChI is InChI=1S/C9H17NO/c1-5-6-7-10-9(3,4)8(2)11/h5,10H,1,6-7H2,2-4H3. The van der Waals surface area contributed by atoms with Crippen LogP contribution in [0.3, 0.4) is 0 Å². The van der Waals surface area contributed by atoms with Gasteiger partial charge >= 0.3 is 0 Å². The van der Waals surface area contributed by atoms with Gasteiger partial charge in [-0.1, -0.05) is 6.08 Å². The number of hydrogen-bond donors (Lipinski definition) is 1. The highest BCUT2D eigenvalue weighted by atomic mass is 16.1. The van der Waals surface area contributed by atoms with Gasteiger partial charge in [0.2, 0.25) is 0 Å². The van der Waals surface area contributed by atoms with Gasteiger partial charge in [-0.25, -0.2) is 0 Å². The van der Waals surface area contributed by atoms with E-state index in [2.05, 4.69) is 11.9 Å². The van der Waals surface area contributed by atoms with E-state index in [9.17, 15) is 4.79 Å². The van der Waals surface area contributed by atoms with Gasteiger partial charge in [0.15, 0.2) is 0 Å². The SMILES string of the molecule is C=CCCNC(C)(C)C(C)=O. The summed E-state index contributed by atoms with van der Waals surface area (Å²) in [5.41, 5.74) is -0.386. The van der Waals surface area contributed by atoms with Crippen LogP contribution in [0, 0.1) is 0 Å². The molecule has 0 aliphatic heterocycles. The van der Waals surface area contributed by atoms with Crippen molar-refractivity contribution >= 4 is 5.78 Å².